The van der Waals surface area contributed by atoms with Crippen LogP contribution in [0.1, 0.15) is 67.9 Å². The molecule has 0 spiro atoms. The Hall–Kier alpha value is -2.63. The molecule has 0 radical (unpaired) electrons. The van der Waals surface area contributed by atoms with Gasteiger partial charge in [0.05, 0.1) is 18.2 Å². The highest BCUT2D eigenvalue weighted by Crippen LogP contribution is 2.47. The van der Waals surface area contributed by atoms with E-state index in [0.29, 0.717) is 24.7 Å². The molecular weight excluding hydrogens is 366 g/mol. The lowest BCUT2D eigenvalue weighted by atomic mass is 9.85. The first-order valence-corrected chi connectivity index (χ1v) is 10.4. The number of nitrogens with zero attached hydrogens (tertiary/aromatic N) is 3. The summed E-state index contributed by atoms with van der Waals surface area (Å²) >= 11 is 0. The number of fused-ring (bicyclic) bond motifs is 1. The number of carbonyl (C=O) groups excluding carboxylic acids is 2. The van der Waals surface area contributed by atoms with Gasteiger partial charge in [0.25, 0.3) is 0 Å². The molecule has 0 N–H and O–H groups in total. The molecule has 0 unspecified atom stereocenters. The van der Waals surface area contributed by atoms with Crippen molar-refractivity contribution in [2.75, 3.05) is 7.05 Å². The van der Waals surface area contributed by atoms with Crippen LogP contribution in [0, 0.1) is 11.8 Å². The number of piperidine rings is 1. The number of ether oxygens (including phenoxy) is 1. The first-order chi connectivity index (χ1) is 13.9. The van der Waals surface area contributed by atoms with Gasteiger partial charge in [0.15, 0.2) is 0 Å². The average molecular weight is 396 g/mol. The van der Waals surface area contributed by atoms with Gasteiger partial charge in [-0.15, -0.1) is 0 Å². The molecule has 1 aliphatic heterocycles. The third-order valence-corrected chi connectivity index (χ3v) is 6.50. The molecule has 1 saturated heterocycles. The first kappa shape index (κ1) is 19.7. The van der Waals surface area contributed by atoms with Crippen molar-refractivity contribution in [1.82, 2.24) is 14.7 Å². The number of hydrogen-bond donors (Lipinski definition) is 0. The van der Waals surface area contributed by atoms with Crippen LogP contribution in [0.3, 0.4) is 0 Å². The number of aromatic nitrogens is 2. The molecule has 6 nitrogen and oxygen atoms in total. The molecule has 1 aromatic carbocycles. The molecule has 0 saturated carbocycles. The highest BCUT2D eigenvalue weighted by atomic mass is 16.5. The van der Waals surface area contributed by atoms with Gasteiger partial charge in [-0.2, -0.15) is 5.10 Å². The van der Waals surface area contributed by atoms with Crippen LogP contribution in [0.2, 0.25) is 0 Å². The van der Waals surface area contributed by atoms with Gasteiger partial charge in [0.2, 0.25) is 5.91 Å². The number of carbonyl (C=O) groups is 2. The van der Waals surface area contributed by atoms with Gasteiger partial charge in [0, 0.05) is 32.3 Å². The van der Waals surface area contributed by atoms with Gasteiger partial charge in [-0.1, -0.05) is 38.1 Å². The lowest BCUT2D eigenvalue weighted by molar-refractivity contribution is -0.161. The summed E-state index contributed by atoms with van der Waals surface area (Å²) in [4.78, 5) is 27.3. The second-order valence-corrected chi connectivity index (χ2v) is 8.68. The zero-order valence-corrected chi connectivity index (χ0v) is 17.5. The summed E-state index contributed by atoms with van der Waals surface area (Å²) in [5, 5.41) is 4.23. The molecule has 2 heterocycles. The van der Waals surface area contributed by atoms with E-state index in [9.17, 15) is 9.59 Å². The Morgan fingerprint density at radius 1 is 1.21 bits per heavy atom. The number of rotatable bonds is 4. The van der Waals surface area contributed by atoms with E-state index in [4.69, 9.17) is 4.74 Å². The summed E-state index contributed by atoms with van der Waals surface area (Å²) in [6.07, 6.45) is 5.08. The van der Waals surface area contributed by atoms with E-state index < -0.39 is 0 Å². The van der Waals surface area contributed by atoms with Gasteiger partial charge >= 0.3 is 5.97 Å². The number of amides is 1. The molecule has 6 heteroatoms. The average Bonchev–Trinajstić information content (AvgIpc) is 3.28. The Kier molecular flexibility index (Phi) is 5.19. The van der Waals surface area contributed by atoms with Crippen molar-refractivity contribution in [1.29, 1.82) is 0 Å². The maximum absolute atomic E-state index is 13.3. The Morgan fingerprint density at radius 3 is 2.59 bits per heavy atom. The fraction of sp³-hybridized carbons (Fsp3) is 0.522. The van der Waals surface area contributed by atoms with Crippen molar-refractivity contribution in [2.24, 2.45) is 18.9 Å². The fourth-order valence-electron chi connectivity index (χ4n) is 4.93. The molecular formula is C23H29N3O3. The Morgan fingerprint density at radius 2 is 1.93 bits per heavy atom. The molecule has 1 aromatic heterocycles. The van der Waals surface area contributed by atoms with Crippen LogP contribution in [0.4, 0.5) is 0 Å². The minimum Gasteiger partial charge on any atom is -0.457 e. The van der Waals surface area contributed by atoms with Gasteiger partial charge in [-0.3, -0.25) is 14.3 Å². The van der Waals surface area contributed by atoms with Crippen LogP contribution >= 0.6 is 0 Å². The highest BCUT2D eigenvalue weighted by Gasteiger charge is 2.42. The largest absolute Gasteiger partial charge is 0.457 e. The highest BCUT2D eigenvalue weighted by molar-refractivity contribution is 5.82. The summed E-state index contributed by atoms with van der Waals surface area (Å²) in [6, 6.07) is 7.95. The van der Waals surface area contributed by atoms with Crippen LogP contribution in [0.25, 0.3) is 0 Å². The minimum atomic E-state index is -0.382. The summed E-state index contributed by atoms with van der Waals surface area (Å²) in [5.74, 6) is 0.332. The summed E-state index contributed by atoms with van der Waals surface area (Å²) in [6.45, 7) is 4.43. The number of likely N-dealkylation sites (tertiary alicyclic amines) is 1. The van der Waals surface area contributed by atoms with Gasteiger partial charge in [0.1, 0.15) is 6.10 Å². The van der Waals surface area contributed by atoms with E-state index in [1.54, 1.807) is 22.8 Å². The lowest BCUT2D eigenvalue weighted by Crippen LogP contribution is -2.43. The summed E-state index contributed by atoms with van der Waals surface area (Å²) in [5.41, 5.74) is 3.29. The predicted octanol–water partition coefficient (Wildman–Crippen LogP) is 3.76. The van der Waals surface area contributed by atoms with Gasteiger partial charge < -0.3 is 9.64 Å². The molecule has 0 bridgehead atoms. The molecule has 1 aliphatic carbocycles. The molecule has 2 aliphatic rings. The van der Waals surface area contributed by atoms with Gasteiger partial charge in [-0.25, -0.2) is 0 Å². The Labute approximate surface area is 171 Å². The molecule has 2 aromatic rings. The maximum Gasteiger partial charge on any atom is 0.312 e. The maximum atomic E-state index is 13.3. The van der Waals surface area contributed by atoms with E-state index in [1.807, 2.05) is 19.3 Å². The van der Waals surface area contributed by atoms with Crippen molar-refractivity contribution >= 4 is 11.9 Å². The minimum absolute atomic E-state index is 0.0500. The van der Waals surface area contributed by atoms with Crippen LogP contribution in [-0.2, 0) is 21.4 Å². The summed E-state index contributed by atoms with van der Waals surface area (Å²) in [7, 11) is 3.60. The quantitative estimate of drug-likeness (QED) is 0.740. The first-order valence-electron chi connectivity index (χ1n) is 10.4. The van der Waals surface area contributed by atoms with E-state index in [1.165, 1.54) is 5.56 Å². The Balaban J connectivity index is 1.58. The standard InChI is InChI=1S/C23H29N3O3/c1-14(2)19-11-20(17-8-6-5-7-16(17)19)29-23(28)18-9-10-21(27)26(4)22(18)15-12-24-25(3)13-15/h5-8,12-14,18-20,22H,9-11H2,1-4H3/t18-,19-,20+,22-/m0/s1. The van der Waals surface area contributed by atoms with E-state index >= 15 is 0 Å². The number of aryl methyl sites for hydroxylation is 1. The SMILES string of the molecule is CC(C)[C@@H]1C[C@@H](OC(=O)[C@H]2CCC(=O)N(C)[C@H]2c2cnn(C)c2)c2ccccc21. The molecule has 154 valence electrons. The topological polar surface area (TPSA) is 64.4 Å². The summed E-state index contributed by atoms with van der Waals surface area (Å²) < 4.78 is 7.80. The molecule has 1 amide bonds. The van der Waals surface area contributed by atoms with Crippen molar-refractivity contribution < 1.29 is 14.3 Å². The van der Waals surface area contributed by atoms with Crippen LogP contribution in [-0.4, -0.2) is 33.6 Å². The number of hydrogen-bond acceptors (Lipinski definition) is 4. The third kappa shape index (κ3) is 3.56. The number of benzene rings is 1. The van der Waals surface area contributed by atoms with Crippen LogP contribution in [0.15, 0.2) is 36.7 Å². The smallest absolute Gasteiger partial charge is 0.312 e. The Bertz CT molecular complexity index is 920. The van der Waals surface area contributed by atoms with Crippen molar-refractivity contribution in [3.63, 3.8) is 0 Å². The molecule has 1 fully saturated rings. The van der Waals surface area contributed by atoms with Crippen LogP contribution < -0.4 is 0 Å². The second kappa shape index (κ2) is 7.65. The predicted molar refractivity (Wildman–Crippen MR) is 109 cm³/mol. The van der Waals surface area contributed by atoms with Crippen molar-refractivity contribution in [3.8, 4) is 0 Å². The van der Waals surface area contributed by atoms with Crippen molar-refractivity contribution in [2.45, 2.75) is 51.2 Å². The normalized spacial score (nSPS) is 26.7. The third-order valence-electron chi connectivity index (χ3n) is 6.50. The van der Waals surface area contributed by atoms with E-state index in [2.05, 4.69) is 37.1 Å². The molecule has 4 atom stereocenters. The van der Waals surface area contributed by atoms with Crippen LogP contribution in [0.5, 0.6) is 0 Å². The molecule has 4 rings (SSSR count). The van der Waals surface area contributed by atoms with Crippen molar-refractivity contribution in [3.05, 3.63) is 53.3 Å². The number of esters is 1. The van der Waals surface area contributed by atoms with E-state index in [-0.39, 0.29) is 29.9 Å². The zero-order valence-electron chi connectivity index (χ0n) is 17.5. The zero-order chi connectivity index (χ0) is 20.7. The van der Waals surface area contributed by atoms with Gasteiger partial charge in [-0.05, 0) is 35.8 Å². The monoisotopic (exact) mass is 395 g/mol. The second-order valence-electron chi connectivity index (χ2n) is 8.68. The lowest BCUT2D eigenvalue weighted by Gasteiger charge is -2.37. The van der Waals surface area contributed by atoms with E-state index in [0.717, 1.165) is 17.5 Å². The molecule has 29 heavy (non-hydrogen) atoms. The fourth-order valence-corrected chi connectivity index (χ4v) is 4.93.